The lowest BCUT2D eigenvalue weighted by Gasteiger charge is -2.00. The van der Waals surface area contributed by atoms with Gasteiger partial charge in [0.25, 0.3) is 15.7 Å². The predicted molar refractivity (Wildman–Crippen MR) is 50.0 cm³/mol. The van der Waals surface area contributed by atoms with Crippen LogP contribution < -0.4 is 5.14 Å². The number of halogens is 1. The molecule has 0 bridgehead atoms. The minimum Gasteiger partial charge on any atom is -0.258 e. The summed E-state index contributed by atoms with van der Waals surface area (Å²) in [7, 11) is -4.05. The third-order valence-corrected chi connectivity index (χ3v) is 3.20. The first-order chi connectivity index (χ1) is 6.34. The van der Waals surface area contributed by atoms with E-state index in [9.17, 15) is 18.5 Å². The zero-order valence-electron chi connectivity index (χ0n) is 6.55. The number of rotatable bonds is 2. The smallest absolute Gasteiger partial charge is 0.258 e. The lowest BCUT2D eigenvalue weighted by molar-refractivity contribution is -0.386. The van der Waals surface area contributed by atoms with Crippen molar-refractivity contribution >= 4 is 31.6 Å². The molecule has 0 aliphatic heterocycles. The van der Waals surface area contributed by atoms with Crippen molar-refractivity contribution in [2.75, 3.05) is 0 Å². The fourth-order valence-electron chi connectivity index (χ4n) is 0.754. The van der Waals surface area contributed by atoms with Crippen molar-refractivity contribution < 1.29 is 13.3 Å². The summed E-state index contributed by atoms with van der Waals surface area (Å²) in [6.45, 7) is 0. The quantitative estimate of drug-likeness (QED) is 0.622. The van der Waals surface area contributed by atoms with E-state index in [4.69, 9.17) is 5.14 Å². The van der Waals surface area contributed by atoms with Crippen LogP contribution in [0.15, 0.2) is 21.8 Å². The van der Waals surface area contributed by atoms with Gasteiger partial charge in [0.05, 0.1) is 4.92 Å². The molecule has 14 heavy (non-hydrogen) atoms. The van der Waals surface area contributed by atoms with Gasteiger partial charge < -0.3 is 0 Å². The van der Waals surface area contributed by atoms with Gasteiger partial charge in [-0.1, -0.05) is 0 Å². The highest BCUT2D eigenvalue weighted by Gasteiger charge is 2.22. The molecular weight excluding hydrogens is 278 g/mol. The average molecular weight is 282 g/mol. The van der Waals surface area contributed by atoms with Gasteiger partial charge >= 0.3 is 0 Å². The molecule has 0 saturated carbocycles. The third kappa shape index (κ3) is 2.05. The molecule has 0 unspecified atom stereocenters. The van der Waals surface area contributed by atoms with Gasteiger partial charge in [-0.25, -0.2) is 18.5 Å². The van der Waals surface area contributed by atoms with Crippen molar-refractivity contribution in [3.8, 4) is 0 Å². The fraction of sp³-hybridized carbons (Fsp3) is 0. The molecule has 76 valence electrons. The highest BCUT2D eigenvalue weighted by Crippen LogP contribution is 2.28. The maximum absolute atomic E-state index is 10.9. The molecule has 0 saturated heterocycles. The highest BCUT2D eigenvalue weighted by molar-refractivity contribution is 9.10. The number of hydrogen-bond acceptors (Lipinski definition) is 5. The van der Waals surface area contributed by atoms with Crippen LogP contribution in [-0.2, 0) is 10.0 Å². The van der Waals surface area contributed by atoms with Gasteiger partial charge in [0.1, 0.15) is 4.47 Å². The maximum Gasteiger partial charge on any atom is 0.288 e. The molecular formula is C5H4BrN3O4S. The summed E-state index contributed by atoms with van der Waals surface area (Å²) in [5.74, 6) is 0. The van der Waals surface area contributed by atoms with Gasteiger partial charge in [-0.3, -0.25) is 10.1 Å². The van der Waals surface area contributed by atoms with Gasteiger partial charge in [0, 0.05) is 12.3 Å². The summed E-state index contributed by atoms with van der Waals surface area (Å²) in [5, 5.41) is 14.6. The van der Waals surface area contributed by atoms with Gasteiger partial charge in [-0.05, 0) is 15.9 Å². The number of nitrogens with zero attached hydrogens (tertiary/aromatic N) is 2. The van der Waals surface area contributed by atoms with E-state index < -0.39 is 25.7 Å². The van der Waals surface area contributed by atoms with E-state index in [-0.39, 0.29) is 4.47 Å². The monoisotopic (exact) mass is 281 g/mol. The van der Waals surface area contributed by atoms with E-state index in [1.165, 1.54) is 0 Å². The summed E-state index contributed by atoms with van der Waals surface area (Å²) in [6, 6.07) is 1.07. The molecule has 0 fully saturated rings. The van der Waals surface area contributed by atoms with Gasteiger partial charge in [0.15, 0.2) is 5.03 Å². The van der Waals surface area contributed by atoms with Crippen molar-refractivity contribution in [1.29, 1.82) is 0 Å². The minimum absolute atomic E-state index is 0.243. The van der Waals surface area contributed by atoms with Gasteiger partial charge in [-0.15, -0.1) is 0 Å². The first kappa shape index (κ1) is 11.0. The Labute approximate surface area is 87.3 Å². The van der Waals surface area contributed by atoms with Crippen LogP contribution in [0.5, 0.6) is 0 Å². The first-order valence-electron chi connectivity index (χ1n) is 3.15. The molecule has 7 nitrogen and oxygen atoms in total. The fourth-order valence-corrected chi connectivity index (χ4v) is 2.37. The Kier molecular flexibility index (Phi) is 2.83. The molecule has 0 amide bonds. The van der Waals surface area contributed by atoms with E-state index in [0.717, 1.165) is 12.3 Å². The molecule has 0 radical (unpaired) electrons. The van der Waals surface area contributed by atoms with E-state index in [1.54, 1.807) is 0 Å². The molecule has 1 aromatic rings. The van der Waals surface area contributed by atoms with Crippen molar-refractivity contribution in [2.24, 2.45) is 5.14 Å². The zero-order valence-corrected chi connectivity index (χ0v) is 8.95. The normalized spacial score (nSPS) is 11.3. The van der Waals surface area contributed by atoms with E-state index in [1.807, 2.05) is 0 Å². The summed E-state index contributed by atoms with van der Waals surface area (Å²) >= 11 is 2.75. The largest absolute Gasteiger partial charge is 0.288 e. The molecule has 0 aliphatic rings. The number of aromatic nitrogens is 1. The zero-order chi connectivity index (χ0) is 10.9. The Balaban J connectivity index is 3.51. The highest BCUT2D eigenvalue weighted by atomic mass is 79.9. The van der Waals surface area contributed by atoms with Crippen LogP contribution >= 0.6 is 15.9 Å². The SMILES string of the molecule is NS(=O)(=O)c1nccc([N+](=O)[O-])c1Br. The van der Waals surface area contributed by atoms with Crippen LogP contribution in [0.4, 0.5) is 5.69 Å². The topological polar surface area (TPSA) is 116 Å². The molecule has 9 heteroatoms. The van der Waals surface area contributed by atoms with Crippen molar-refractivity contribution in [1.82, 2.24) is 4.98 Å². The van der Waals surface area contributed by atoms with E-state index >= 15 is 0 Å². The van der Waals surface area contributed by atoms with Gasteiger partial charge in [-0.2, -0.15) is 0 Å². The molecule has 0 atom stereocenters. The molecule has 1 rings (SSSR count). The van der Waals surface area contributed by atoms with Crippen LogP contribution in [-0.4, -0.2) is 18.3 Å². The van der Waals surface area contributed by atoms with Crippen LogP contribution in [0.1, 0.15) is 0 Å². The van der Waals surface area contributed by atoms with Crippen molar-refractivity contribution in [3.63, 3.8) is 0 Å². The van der Waals surface area contributed by atoms with E-state index in [0.29, 0.717) is 0 Å². The Morgan fingerprint density at radius 3 is 2.57 bits per heavy atom. The second-order valence-electron chi connectivity index (χ2n) is 2.25. The Hall–Kier alpha value is -1.06. The standard InChI is InChI=1S/C5H4BrN3O4S/c6-4-3(9(10)11)1-2-8-5(4)14(7,12)13/h1-2H,(H2,7,12,13). The van der Waals surface area contributed by atoms with Crippen LogP contribution in [0.25, 0.3) is 0 Å². The minimum atomic E-state index is -4.05. The van der Waals surface area contributed by atoms with Crippen LogP contribution in [0.3, 0.4) is 0 Å². The van der Waals surface area contributed by atoms with Crippen molar-refractivity contribution in [3.05, 3.63) is 26.9 Å². The molecule has 2 N–H and O–H groups in total. The number of nitro groups is 1. The van der Waals surface area contributed by atoms with E-state index in [2.05, 4.69) is 20.9 Å². The summed E-state index contributed by atoms with van der Waals surface area (Å²) in [5.41, 5.74) is -0.399. The third-order valence-electron chi connectivity index (χ3n) is 1.30. The second-order valence-corrected chi connectivity index (χ2v) is 4.52. The maximum atomic E-state index is 10.9. The number of nitrogens with two attached hydrogens (primary N) is 1. The van der Waals surface area contributed by atoms with Crippen molar-refractivity contribution in [2.45, 2.75) is 5.03 Å². The second kappa shape index (κ2) is 3.59. The number of pyridine rings is 1. The summed E-state index contributed by atoms with van der Waals surface area (Å²) in [6.07, 6.45) is 1.00. The Morgan fingerprint density at radius 2 is 2.14 bits per heavy atom. The lowest BCUT2D eigenvalue weighted by atomic mass is 10.4. The predicted octanol–water partition coefficient (Wildman–Crippen LogP) is 0.400. The summed E-state index contributed by atoms with van der Waals surface area (Å²) in [4.78, 5) is 13.1. The molecule has 1 aromatic heterocycles. The van der Waals surface area contributed by atoms with Crippen LogP contribution in [0.2, 0.25) is 0 Å². The first-order valence-corrected chi connectivity index (χ1v) is 5.49. The number of primary sulfonamides is 1. The number of hydrogen-bond donors (Lipinski definition) is 1. The lowest BCUT2D eigenvalue weighted by Crippen LogP contribution is -2.15. The summed E-state index contributed by atoms with van der Waals surface area (Å²) < 4.78 is 21.5. The van der Waals surface area contributed by atoms with Crippen LogP contribution in [0, 0.1) is 10.1 Å². The Morgan fingerprint density at radius 1 is 1.57 bits per heavy atom. The molecule has 0 spiro atoms. The van der Waals surface area contributed by atoms with Gasteiger partial charge in [0.2, 0.25) is 0 Å². The molecule has 0 aliphatic carbocycles. The average Bonchev–Trinajstić information content (AvgIpc) is 2.01. The number of sulfonamides is 1. The molecule has 1 heterocycles. The Bertz CT molecular complexity index is 486. The molecule has 0 aromatic carbocycles.